The summed E-state index contributed by atoms with van der Waals surface area (Å²) in [5, 5.41) is 0. The van der Waals surface area contributed by atoms with Crippen LogP contribution < -0.4 is 0 Å². The standard InChI is InChI=1S/C17H20ClN3O2S/c18-15-5-4-14(24-15)12-17(23)21-8-2-7-20(9-10-21)16(22)11-13-3-1-6-19-13/h1,3-6,19H,2,7-12H2. The normalized spacial score (nSPS) is 15.4. The van der Waals surface area contributed by atoms with E-state index >= 15 is 0 Å². The number of thiophene rings is 1. The summed E-state index contributed by atoms with van der Waals surface area (Å²) in [7, 11) is 0. The van der Waals surface area contributed by atoms with Gasteiger partial charge in [-0.2, -0.15) is 0 Å². The van der Waals surface area contributed by atoms with Gasteiger partial charge in [-0.25, -0.2) is 0 Å². The summed E-state index contributed by atoms with van der Waals surface area (Å²) >= 11 is 7.36. The van der Waals surface area contributed by atoms with E-state index in [4.69, 9.17) is 11.6 Å². The molecule has 0 atom stereocenters. The molecule has 1 N–H and O–H groups in total. The minimum atomic E-state index is 0.104. The monoisotopic (exact) mass is 365 g/mol. The Balaban J connectivity index is 1.52. The molecule has 0 radical (unpaired) electrons. The van der Waals surface area contributed by atoms with Gasteiger partial charge in [0.25, 0.3) is 0 Å². The highest BCUT2D eigenvalue weighted by molar-refractivity contribution is 7.16. The Bertz CT molecular complexity index is 699. The molecule has 1 aliphatic heterocycles. The number of H-pyrrole nitrogens is 1. The first kappa shape index (κ1) is 17.0. The maximum absolute atomic E-state index is 12.4. The first-order valence-electron chi connectivity index (χ1n) is 8.04. The SMILES string of the molecule is O=C(Cc1ccc[nH]1)N1CCCN(C(=O)Cc2ccc(Cl)s2)CC1. The molecule has 1 fully saturated rings. The summed E-state index contributed by atoms with van der Waals surface area (Å²) in [5.41, 5.74) is 0.923. The molecular weight excluding hydrogens is 346 g/mol. The fraction of sp³-hybridized carbons (Fsp3) is 0.412. The molecule has 2 amide bonds. The third-order valence-electron chi connectivity index (χ3n) is 4.16. The molecule has 5 nitrogen and oxygen atoms in total. The summed E-state index contributed by atoms with van der Waals surface area (Å²) in [6, 6.07) is 7.52. The van der Waals surface area contributed by atoms with Gasteiger partial charge < -0.3 is 14.8 Å². The highest BCUT2D eigenvalue weighted by Gasteiger charge is 2.22. The van der Waals surface area contributed by atoms with E-state index in [1.165, 1.54) is 11.3 Å². The van der Waals surface area contributed by atoms with Crippen molar-refractivity contribution in [2.24, 2.45) is 0 Å². The van der Waals surface area contributed by atoms with Crippen LogP contribution in [0.2, 0.25) is 4.34 Å². The minimum Gasteiger partial charge on any atom is -0.365 e. The molecule has 3 heterocycles. The lowest BCUT2D eigenvalue weighted by Crippen LogP contribution is -2.38. The predicted octanol–water partition coefficient (Wildman–Crippen LogP) is 2.58. The third kappa shape index (κ3) is 4.39. The molecule has 2 aromatic rings. The topological polar surface area (TPSA) is 56.4 Å². The number of nitrogens with zero attached hydrogens (tertiary/aromatic N) is 2. The molecule has 7 heteroatoms. The van der Waals surface area contributed by atoms with E-state index in [2.05, 4.69) is 4.98 Å². The second-order valence-corrected chi connectivity index (χ2v) is 7.67. The van der Waals surface area contributed by atoms with Crippen LogP contribution in [0.3, 0.4) is 0 Å². The van der Waals surface area contributed by atoms with Crippen LogP contribution in [0.5, 0.6) is 0 Å². The summed E-state index contributed by atoms with van der Waals surface area (Å²) in [4.78, 5) is 32.6. The molecule has 2 aromatic heterocycles. The Hall–Kier alpha value is -1.79. The molecule has 0 spiro atoms. The van der Waals surface area contributed by atoms with Crippen molar-refractivity contribution >= 4 is 34.8 Å². The zero-order valence-electron chi connectivity index (χ0n) is 13.3. The summed E-state index contributed by atoms with van der Waals surface area (Å²) in [6.45, 7) is 2.59. The number of hydrogen-bond acceptors (Lipinski definition) is 3. The van der Waals surface area contributed by atoms with Crippen LogP contribution in [-0.2, 0) is 22.4 Å². The number of halogens is 1. The van der Waals surface area contributed by atoms with Gasteiger partial charge in [0.2, 0.25) is 11.8 Å². The van der Waals surface area contributed by atoms with Crippen LogP contribution in [0.1, 0.15) is 17.0 Å². The van der Waals surface area contributed by atoms with Crippen LogP contribution in [0.4, 0.5) is 0 Å². The zero-order chi connectivity index (χ0) is 16.9. The predicted molar refractivity (Wildman–Crippen MR) is 95.3 cm³/mol. The number of carbonyl (C=O) groups excluding carboxylic acids is 2. The van der Waals surface area contributed by atoms with Gasteiger partial charge in [0.15, 0.2) is 0 Å². The number of carbonyl (C=O) groups is 2. The van der Waals surface area contributed by atoms with Gasteiger partial charge in [-0.3, -0.25) is 9.59 Å². The molecule has 128 valence electrons. The van der Waals surface area contributed by atoms with Gasteiger partial charge in [0.1, 0.15) is 0 Å². The van der Waals surface area contributed by atoms with Crippen molar-refractivity contribution < 1.29 is 9.59 Å². The second-order valence-electron chi connectivity index (χ2n) is 5.87. The van der Waals surface area contributed by atoms with E-state index in [0.29, 0.717) is 43.4 Å². The number of hydrogen-bond donors (Lipinski definition) is 1. The molecule has 0 bridgehead atoms. The molecule has 24 heavy (non-hydrogen) atoms. The summed E-state index contributed by atoms with van der Waals surface area (Å²) in [6.07, 6.45) is 3.40. The molecule has 3 rings (SSSR count). The Labute approximate surface area is 150 Å². The van der Waals surface area contributed by atoms with Crippen LogP contribution in [0.25, 0.3) is 0 Å². The van der Waals surface area contributed by atoms with Gasteiger partial charge >= 0.3 is 0 Å². The molecule has 0 unspecified atom stereocenters. The van der Waals surface area contributed by atoms with Crippen molar-refractivity contribution in [3.05, 3.63) is 45.4 Å². The van der Waals surface area contributed by atoms with E-state index in [0.717, 1.165) is 17.0 Å². The highest BCUT2D eigenvalue weighted by atomic mass is 35.5. The summed E-state index contributed by atoms with van der Waals surface area (Å²) in [5.74, 6) is 0.212. The molecule has 1 aliphatic rings. The number of amides is 2. The molecule has 0 aromatic carbocycles. The van der Waals surface area contributed by atoms with Crippen molar-refractivity contribution in [1.82, 2.24) is 14.8 Å². The average Bonchev–Trinajstić information content (AvgIpc) is 3.12. The molecule has 0 aliphatic carbocycles. The first-order valence-corrected chi connectivity index (χ1v) is 9.23. The average molecular weight is 366 g/mol. The lowest BCUT2D eigenvalue weighted by Gasteiger charge is -2.22. The van der Waals surface area contributed by atoms with Crippen LogP contribution >= 0.6 is 22.9 Å². The van der Waals surface area contributed by atoms with Crippen molar-refractivity contribution in [2.45, 2.75) is 19.3 Å². The lowest BCUT2D eigenvalue weighted by molar-refractivity contribution is -0.132. The van der Waals surface area contributed by atoms with E-state index in [-0.39, 0.29) is 11.8 Å². The highest BCUT2D eigenvalue weighted by Crippen LogP contribution is 2.22. The van der Waals surface area contributed by atoms with Crippen molar-refractivity contribution in [2.75, 3.05) is 26.2 Å². The van der Waals surface area contributed by atoms with Gasteiger partial charge in [0, 0.05) is 42.9 Å². The maximum Gasteiger partial charge on any atom is 0.228 e. The number of aromatic amines is 1. The van der Waals surface area contributed by atoms with Crippen LogP contribution in [0, 0.1) is 0 Å². The van der Waals surface area contributed by atoms with Gasteiger partial charge in [-0.15, -0.1) is 11.3 Å². The molecular formula is C17H20ClN3O2S. The fourth-order valence-electron chi connectivity index (χ4n) is 2.88. The lowest BCUT2D eigenvalue weighted by atomic mass is 10.2. The van der Waals surface area contributed by atoms with E-state index in [9.17, 15) is 9.59 Å². The fourth-order valence-corrected chi connectivity index (χ4v) is 3.95. The van der Waals surface area contributed by atoms with Crippen molar-refractivity contribution in [1.29, 1.82) is 0 Å². The Morgan fingerprint density at radius 2 is 1.75 bits per heavy atom. The number of aromatic nitrogens is 1. The molecule has 0 saturated carbocycles. The quantitative estimate of drug-likeness (QED) is 0.905. The van der Waals surface area contributed by atoms with Crippen molar-refractivity contribution in [3.8, 4) is 0 Å². The van der Waals surface area contributed by atoms with E-state index in [1.54, 1.807) is 0 Å². The zero-order valence-corrected chi connectivity index (χ0v) is 14.9. The third-order valence-corrected chi connectivity index (χ3v) is 5.39. The largest absolute Gasteiger partial charge is 0.365 e. The van der Waals surface area contributed by atoms with Gasteiger partial charge in [-0.1, -0.05) is 11.6 Å². The smallest absolute Gasteiger partial charge is 0.228 e. The number of rotatable bonds is 4. The maximum atomic E-state index is 12.4. The van der Waals surface area contributed by atoms with Crippen LogP contribution in [0.15, 0.2) is 30.5 Å². The Morgan fingerprint density at radius 3 is 2.33 bits per heavy atom. The van der Waals surface area contributed by atoms with Gasteiger partial charge in [0.05, 0.1) is 17.2 Å². The summed E-state index contributed by atoms with van der Waals surface area (Å²) < 4.78 is 0.703. The number of nitrogens with one attached hydrogen (secondary N) is 1. The minimum absolute atomic E-state index is 0.104. The molecule has 1 saturated heterocycles. The Morgan fingerprint density at radius 1 is 1.04 bits per heavy atom. The van der Waals surface area contributed by atoms with Crippen molar-refractivity contribution in [3.63, 3.8) is 0 Å². The van der Waals surface area contributed by atoms with Crippen LogP contribution in [-0.4, -0.2) is 52.8 Å². The second kappa shape index (κ2) is 7.85. The van der Waals surface area contributed by atoms with Gasteiger partial charge in [-0.05, 0) is 30.7 Å². The van der Waals surface area contributed by atoms with E-state index < -0.39 is 0 Å². The Kier molecular flexibility index (Phi) is 5.58. The van der Waals surface area contributed by atoms with E-state index in [1.807, 2.05) is 40.3 Å². The first-order chi connectivity index (χ1) is 11.6.